The third-order valence-electron chi connectivity index (χ3n) is 3.07. The summed E-state index contributed by atoms with van der Waals surface area (Å²) >= 11 is 3.39. The average molecular weight is 316 g/mol. The molecule has 0 aliphatic heterocycles. The van der Waals surface area contributed by atoms with Crippen LogP contribution < -0.4 is 0 Å². The maximum Gasteiger partial charge on any atom is 0.335 e. The van der Waals surface area contributed by atoms with Gasteiger partial charge in [0.05, 0.1) is 16.6 Å². The lowest BCUT2D eigenvalue weighted by Gasteiger charge is -2.06. The summed E-state index contributed by atoms with van der Waals surface area (Å²) in [5.41, 5.74) is 3.10. The molecule has 3 aromatic rings. The highest BCUT2D eigenvalue weighted by Gasteiger charge is 2.09. The summed E-state index contributed by atoms with van der Waals surface area (Å²) < 4.78 is 0.700. The summed E-state index contributed by atoms with van der Waals surface area (Å²) in [6.45, 7) is 2.02. The lowest BCUT2D eigenvalue weighted by molar-refractivity contribution is 0.0697. The first-order valence-electron chi connectivity index (χ1n) is 5.78. The van der Waals surface area contributed by atoms with E-state index in [1.807, 2.05) is 31.2 Å². The van der Waals surface area contributed by atoms with E-state index in [2.05, 4.69) is 20.9 Å². The molecule has 94 valence electrons. The molecule has 1 heterocycles. The largest absolute Gasteiger partial charge is 0.478 e. The van der Waals surface area contributed by atoms with Crippen LogP contribution in [-0.4, -0.2) is 16.1 Å². The Hall–Kier alpha value is -1.94. The van der Waals surface area contributed by atoms with Gasteiger partial charge in [-0.2, -0.15) is 0 Å². The zero-order chi connectivity index (χ0) is 13.6. The number of aryl methyl sites for hydroxylation is 1. The van der Waals surface area contributed by atoms with E-state index in [1.165, 1.54) is 0 Å². The Balaban J connectivity index is 2.40. The number of halogens is 1. The van der Waals surface area contributed by atoms with Crippen LogP contribution in [0.15, 0.2) is 40.9 Å². The van der Waals surface area contributed by atoms with E-state index in [9.17, 15) is 4.79 Å². The van der Waals surface area contributed by atoms with Crippen molar-refractivity contribution >= 4 is 43.7 Å². The van der Waals surface area contributed by atoms with Crippen LogP contribution in [-0.2, 0) is 0 Å². The standard InChI is InChI=1S/C15H10BrNO2/c1-8-2-3-9-5-10-6-11(15(18)19)7-12(16)14(10)17-13(9)4-8/h2-7H,1H3,(H,18,19). The molecule has 2 aromatic carbocycles. The van der Waals surface area contributed by atoms with Gasteiger partial charge in [0.1, 0.15) is 0 Å². The van der Waals surface area contributed by atoms with Gasteiger partial charge in [0, 0.05) is 15.2 Å². The average Bonchev–Trinajstić information content (AvgIpc) is 2.36. The summed E-state index contributed by atoms with van der Waals surface area (Å²) in [6.07, 6.45) is 0. The summed E-state index contributed by atoms with van der Waals surface area (Å²) in [5.74, 6) is -0.938. The topological polar surface area (TPSA) is 50.2 Å². The van der Waals surface area contributed by atoms with Gasteiger partial charge in [-0.25, -0.2) is 9.78 Å². The molecule has 0 aliphatic rings. The first-order chi connectivity index (χ1) is 9.04. The second-order valence-corrected chi connectivity index (χ2v) is 5.37. The minimum absolute atomic E-state index is 0.257. The van der Waals surface area contributed by atoms with Crippen LogP contribution in [0.1, 0.15) is 15.9 Å². The van der Waals surface area contributed by atoms with E-state index in [-0.39, 0.29) is 5.56 Å². The van der Waals surface area contributed by atoms with Gasteiger partial charge in [0.2, 0.25) is 0 Å². The molecular weight excluding hydrogens is 306 g/mol. The zero-order valence-electron chi connectivity index (χ0n) is 10.1. The van der Waals surface area contributed by atoms with E-state index in [0.29, 0.717) is 4.47 Å². The second-order valence-electron chi connectivity index (χ2n) is 4.52. The molecule has 0 aliphatic carbocycles. The molecule has 0 amide bonds. The summed E-state index contributed by atoms with van der Waals surface area (Å²) in [6, 6.07) is 11.2. The highest BCUT2D eigenvalue weighted by molar-refractivity contribution is 9.10. The number of pyridine rings is 1. The van der Waals surface area contributed by atoms with Crippen molar-refractivity contribution in [1.29, 1.82) is 0 Å². The Kier molecular flexibility index (Phi) is 2.75. The minimum atomic E-state index is -0.938. The molecule has 0 atom stereocenters. The number of benzene rings is 2. The third kappa shape index (κ3) is 2.08. The molecule has 0 saturated carbocycles. The Bertz CT molecular complexity index is 827. The van der Waals surface area contributed by atoms with Gasteiger partial charge in [0.25, 0.3) is 0 Å². The summed E-state index contributed by atoms with van der Waals surface area (Å²) in [4.78, 5) is 15.7. The number of nitrogens with zero attached hydrogens (tertiary/aromatic N) is 1. The molecule has 0 spiro atoms. The van der Waals surface area contributed by atoms with Gasteiger partial charge in [0.15, 0.2) is 0 Å². The fourth-order valence-corrected chi connectivity index (χ4v) is 2.70. The second kappa shape index (κ2) is 4.31. The Morgan fingerprint density at radius 1 is 1.16 bits per heavy atom. The van der Waals surface area contributed by atoms with Gasteiger partial charge < -0.3 is 5.11 Å². The monoisotopic (exact) mass is 315 g/mol. The highest BCUT2D eigenvalue weighted by Crippen LogP contribution is 2.28. The van der Waals surface area contributed by atoms with Crippen LogP contribution in [0.25, 0.3) is 21.8 Å². The molecule has 19 heavy (non-hydrogen) atoms. The van der Waals surface area contributed by atoms with Gasteiger partial charge >= 0.3 is 5.97 Å². The van der Waals surface area contributed by atoms with Gasteiger partial charge in [-0.15, -0.1) is 0 Å². The fourth-order valence-electron chi connectivity index (χ4n) is 2.13. The third-order valence-corrected chi connectivity index (χ3v) is 3.67. The number of fused-ring (bicyclic) bond motifs is 2. The normalized spacial score (nSPS) is 11.1. The van der Waals surface area contributed by atoms with Gasteiger partial charge in [-0.05, 0) is 52.7 Å². The molecular formula is C15H10BrNO2. The maximum atomic E-state index is 11.1. The number of carboxylic acid groups (broad SMARTS) is 1. The van der Waals surface area contributed by atoms with Crippen LogP contribution >= 0.6 is 15.9 Å². The molecule has 0 fully saturated rings. The Morgan fingerprint density at radius 2 is 1.95 bits per heavy atom. The van der Waals surface area contributed by atoms with Crippen LogP contribution in [0, 0.1) is 6.92 Å². The van der Waals surface area contributed by atoms with Crippen molar-refractivity contribution in [3.63, 3.8) is 0 Å². The molecule has 1 aromatic heterocycles. The van der Waals surface area contributed by atoms with E-state index < -0.39 is 5.97 Å². The smallest absolute Gasteiger partial charge is 0.335 e. The van der Waals surface area contributed by atoms with Crippen molar-refractivity contribution in [3.8, 4) is 0 Å². The van der Waals surface area contributed by atoms with E-state index in [1.54, 1.807) is 12.1 Å². The minimum Gasteiger partial charge on any atom is -0.478 e. The molecule has 4 heteroatoms. The highest BCUT2D eigenvalue weighted by atomic mass is 79.9. The lowest BCUT2D eigenvalue weighted by Crippen LogP contribution is -1.97. The summed E-state index contributed by atoms with van der Waals surface area (Å²) in [7, 11) is 0. The molecule has 0 unspecified atom stereocenters. The van der Waals surface area contributed by atoms with E-state index in [4.69, 9.17) is 5.11 Å². The number of hydrogen-bond donors (Lipinski definition) is 1. The van der Waals surface area contributed by atoms with Crippen molar-refractivity contribution in [2.75, 3.05) is 0 Å². The Morgan fingerprint density at radius 3 is 2.68 bits per heavy atom. The SMILES string of the molecule is Cc1ccc2cc3cc(C(=O)O)cc(Br)c3nc2c1. The van der Waals surface area contributed by atoms with E-state index >= 15 is 0 Å². The first-order valence-corrected chi connectivity index (χ1v) is 6.58. The molecule has 0 radical (unpaired) electrons. The predicted molar refractivity (Wildman–Crippen MR) is 78.6 cm³/mol. The van der Waals surface area contributed by atoms with Crippen molar-refractivity contribution in [3.05, 3.63) is 52.0 Å². The number of aromatic carboxylic acids is 1. The number of carboxylic acids is 1. The number of hydrogen-bond acceptors (Lipinski definition) is 2. The van der Waals surface area contributed by atoms with Crippen LogP contribution in [0.2, 0.25) is 0 Å². The van der Waals surface area contributed by atoms with Crippen molar-refractivity contribution < 1.29 is 9.90 Å². The zero-order valence-corrected chi connectivity index (χ0v) is 11.7. The predicted octanol–water partition coefficient (Wildman–Crippen LogP) is 4.16. The molecule has 3 rings (SSSR count). The number of carbonyl (C=O) groups is 1. The molecule has 3 nitrogen and oxygen atoms in total. The van der Waals surface area contributed by atoms with Crippen LogP contribution in [0.3, 0.4) is 0 Å². The first kappa shape index (κ1) is 12.1. The fraction of sp³-hybridized carbons (Fsp3) is 0.0667. The summed E-state index contributed by atoms with van der Waals surface area (Å²) in [5, 5.41) is 10.9. The molecule has 0 bridgehead atoms. The quantitative estimate of drug-likeness (QED) is 0.686. The maximum absolute atomic E-state index is 11.1. The molecule has 0 saturated heterocycles. The molecule has 1 N–H and O–H groups in total. The van der Waals surface area contributed by atoms with E-state index in [0.717, 1.165) is 27.4 Å². The van der Waals surface area contributed by atoms with Crippen LogP contribution in [0.5, 0.6) is 0 Å². The van der Waals surface area contributed by atoms with Crippen LogP contribution in [0.4, 0.5) is 0 Å². The Labute approximate surface area is 118 Å². The van der Waals surface area contributed by atoms with Crippen molar-refractivity contribution in [2.24, 2.45) is 0 Å². The lowest BCUT2D eigenvalue weighted by atomic mass is 10.1. The number of rotatable bonds is 1. The van der Waals surface area contributed by atoms with Crippen molar-refractivity contribution in [1.82, 2.24) is 4.98 Å². The van der Waals surface area contributed by atoms with Gasteiger partial charge in [-0.1, -0.05) is 12.1 Å². The number of aromatic nitrogens is 1. The van der Waals surface area contributed by atoms with Gasteiger partial charge in [-0.3, -0.25) is 0 Å². The van der Waals surface area contributed by atoms with Crippen molar-refractivity contribution in [2.45, 2.75) is 6.92 Å².